The topological polar surface area (TPSA) is 81.9 Å². The fraction of sp³-hybridized carbons (Fsp3) is 0.500. The molecule has 0 bridgehead atoms. The molecule has 0 fully saturated rings. The predicted molar refractivity (Wildman–Crippen MR) is 34.9 cm³/mol. The number of aliphatic hydroxyl groups excluding tert-OH is 1. The average Bonchev–Trinajstić information content (AvgIpc) is 2.37. The zero-order valence-corrected chi connectivity index (χ0v) is 5.67. The zero-order valence-electron chi connectivity index (χ0n) is 5.67. The monoisotopic (exact) mass is 160 g/mol. The van der Waals surface area contributed by atoms with Crippen molar-refractivity contribution in [3.63, 3.8) is 0 Å². The number of β-amino-alcohol motifs (C(OH)–C–C–N with tert-alkyl or cyclic N) is 1. The smallest absolute Gasteiger partial charge is 0.182 e. The fourth-order valence-corrected chi connectivity index (χ4v) is 0.665. The van der Waals surface area contributed by atoms with Gasteiger partial charge in [0.15, 0.2) is 5.03 Å². The molecule has 1 aliphatic heterocycles. The van der Waals surface area contributed by atoms with E-state index in [0.717, 1.165) is 0 Å². The summed E-state index contributed by atoms with van der Waals surface area (Å²) in [6.45, 7) is 0.268. The summed E-state index contributed by atoms with van der Waals surface area (Å²) < 4.78 is 0. The molecule has 0 spiro atoms. The van der Waals surface area contributed by atoms with Crippen molar-refractivity contribution >= 4 is 0 Å². The molecule has 0 aromatic heterocycles. The molecule has 7 nitrogen and oxygen atoms in total. The van der Waals surface area contributed by atoms with E-state index in [1.165, 1.54) is 17.4 Å². The molecule has 0 unspecified atom stereocenters. The van der Waals surface area contributed by atoms with Crippen LogP contribution < -0.4 is 5.53 Å². The third-order valence-electron chi connectivity index (χ3n) is 1.14. The van der Waals surface area contributed by atoms with Gasteiger partial charge in [-0.2, -0.15) is 0 Å². The minimum atomic E-state index is -0.603. The van der Waals surface area contributed by atoms with E-state index in [1.54, 1.807) is 0 Å². The van der Waals surface area contributed by atoms with E-state index >= 15 is 0 Å². The Hall–Kier alpha value is -1.34. The molecular formula is C4H8N4O3. The Kier molecular flexibility index (Phi) is 2.24. The van der Waals surface area contributed by atoms with Crippen molar-refractivity contribution in [1.82, 2.24) is 15.7 Å². The van der Waals surface area contributed by atoms with E-state index < -0.39 is 5.03 Å². The van der Waals surface area contributed by atoms with Gasteiger partial charge in [0.1, 0.15) is 6.20 Å². The molecule has 1 heterocycles. The lowest BCUT2D eigenvalue weighted by Gasteiger charge is -2.14. The molecule has 7 heteroatoms. The summed E-state index contributed by atoms with van der Waals surface area (Å²) in [5, 5.41) is 20.0. The number of hydrazine groups is 3. The molecule has 0 aromatic carbocycles. The van der Waals surface area contributed by atoms with Crippen LogP contribution in [0.1, 0.15) is 0 Å². The normalized spacial score (nSPS) is 16.1. The second-order valence-corrected chi connectivity index (χ2v) is 1.90. The second kappa shape index (κ2) is 3.17. The molecule has 11 heavy (non-hydrogen) atoms. The highest BCUT2D eigenvalue weighted by Crippen LogP contribution is 1.98. The van der Waals surface area contributed by atoms with E-state index in [-0.39, 0.29) is 6.61 Å². The molecular weight excluding hydrogens is 152 g/mol. The Labute approximate surface area is 62.6 Å². The first-order chi connectivity index (χ1) is 5.24. The van der Waals surface area contributed by atoms with Gasteiger partial charge in [-0.25, -0.2) is 10.1 Å². The Morgan fingerprint density at radius 2 is 2.36 bits per heavy atom. The molecule has 0 atom stereocenters. The highest BCUT2D eigenvalue weighted by molar-refractivity contribution is 4.81. The summed E-state index contributed by atoms with van der Waals surface area (Å²) >= 11 is 0. The van der Waals surface area contributed by atoms with Crippen molar-refractivity contribution in [2.75, 3.05) is 13.2 Å². The number of hydrogen-bond acceptors (Lipinski definition) is 5. The lowest BCUT2D eigenvalue weighted by atomic mass is 10.7. The van der Waals surface area contributed by atoms with Crippen LogP contribution in [-0.2, 0) is 0 Å². The summed E-state index contributed by atoms with van der Waals surface area (Å²) in [6, 6.07) is 0. The van der Waals surface area contributed by atoms with Crippen LogP contribution in [0.4, 0.5) is 0 Å². The van der Waals surface area contributed by atoms with Gasteiger partial charge in [-0.3, -0.25) is 5.01 Å². The van der Waals surface area contributed by atoms with Crippen LogP contribution in [0.15, 0.2) is 12.4 Å². The van der Waals surface area contributed by atoms with Gasteiger partial charge in [0.25, 0.3) is 0 Å². The number of hydrogen-bond donors (Lipinski definition) is 2. The lowest BCUT2D eigenvalue weighted by molar-refractivity contribution is -0.657. The Balaban J connectivity index is 2.36. The Morgan fingerprint density at radius 3 is 2.82 bits per heavy atom. The van der Waals surface area contributed by atoms with Gasteiger partial charge in [-0.1, -0.05) is 5.53 Å². The number of nitrogens with zero attached hydrogens (tertiary/aromatic N) is 3. The summed E-state index contributed by atoms with van der Waals surface area (Å²) in [5.74, 6) is 0. The molecule has 0 aliphatic carbocycles. The second-order valence-electron chi connectivity index (χ2n) is 1.90. The predicted octanol–water partition coefficient (Wildman–Crippen LogP) is -1.32. The maximum absolute atomic E-state index is 10.1. The van der Waals surface area contributed by atoms with Gasteiger partial charge in [0.2, 0.25) is 0 Å². The van der Waals surface area contributed by atoms with Crippen LogP contribution in [0, 0.1) is 10.1 Å². The van der Waals surface area contributed by atoms with Crippen molar-refractivity contribution in [3.8, 4) is 0 Å². The van der Waals surface area contributed by atoms with E-state index in [1.807, 2.05) is 0 Å². The van der Waals surface area contributed by atoms with Crippen LogP contribution in [0.5, 0.6) is 0 Å². The summed E-state index contributed by atoms with van der Waals surface area (Å²) in [5.41, 5.74) is 2.39. The molecule has 0 aromatic rings. The third-order valence-corrected chi connectivity index (χ3v) is 1.14. The maximum Gasteiger partial charge on any atom is 0.182 e. The number of rotatable bonds is 3. The molecule has 62 valence electrons. The molecule has 0 saturated heterocycles. The molecule has 0 saturated carbocycles. The molecule has 2 N–H and O–H groups in total. The zero-order chi connectivity index (χ0) is 8.27. The largest absolute Gasteiger partial charge is 0.394 e. The van der Waals surface area contributed by atoms with Gasteiger partial charge in [-0.05, 0) is 5.12 Å². The first-order valence-corrected chi connectivity index (χ1v) is 2.99. The summed E-state index contributed by atoms with van der Waals surface area (Å²) in [4.78, 5) is 10.1. The Bertz CT molecular complexity index is 182. The third kappa shape index (κ3) is 1.79. The van der Waals surface area contributed by atoms with Crippen LogP contribution in [0.2, 0.25) is 0 Å². The minimum Gasteiger partial charge on any atom is -0.394 e. The number of aliphatic hydroxyl groups is 1. The van der Waals surface area contributed by atoms with Crippen molar-refractivity contribution in [3.05, 3.63) is 22.5 Å². The minimum absolute atomic E-state index is 0.0527. The van der Waals surface area contributed by atoms with Crippen LogP contribution in [0.3, 0.4) is 0 Å². The van der Waals surface area contributed by atoms with Crippen molar-refractivity contribution in [2.24, 2.45) is 0 Å². The first kappa shape index (κ1) is 7.76. The van der Waals surface area contributed by atoms with Gasteiger partial charge < -0.3 is 5.11 Å². The summed E-state index contributed by atoms with van der Waals surface area (Å²) in [7, 11) is 0. The van der Waals surface area contributed by atoms with E-state index in [0.29, 0.717) is 11.7 Å². The molecule has 0 radical (unpaired) electrons. The highest BCUT2D eigenvalue weighted by atomic mass is 16.7. The summed E-state index contributed by atoms with van der Waals surface area (Å²) in [6.07, 6.45) is 2.73. The van der Waals surface area contributed by atoms with Crippen molar-refractivity contribution < 1.29 is 10.1 Å². The average molecular weight is 160 g/mol. The van der Waals surface area contributed by atoms with Gasteiger partial charge in [0.05, 0.1) is 13.2 Å². The van der Waals surface area contributed by atoms with Gasteiger partial charge >= 0.3 is 0 Å². The van der Waals surface area contributed by atoms with Crippen LogP contribution in [-0.4, -0.2) is 33.4 Å². The molecule has 1 rings (SSSR count). The van der Waals surface area contributed by atoms with Crippen LogP contribution in [0.25, 0.3) is 0 Å². The van der Waals surface area contributed by atoms with Crippen molar-refractivity contribution in [2.45, 2.75) is 0 Å². The maximum atomic E-state index is 10.1. The SMILES string of the molecule is O=[N+]([O-])N1C=CN(CCO)N1. The lowest BCUT2D eigenvalue weighted by Crippen LogP contribution is -2.43. The standard InChI is InChI=1S/C4H8N4O3/c9-4-3-6-1-2-7(5-6)8(10)11/h1-2,5,9H,3-4H2. The Morgan fingerprint density at radius 1 is 1.64 bits per heavy atom. The van der Waals surface area contributed by atoms with Gasteiger partial charge in [-0.15, -0.1) is 0 Å². The van der Waals surface area contributed by atoms with Gasteiger partial charge in [0, 0.05) is 6.20 Å². The highest BCUT2D eigenvalue weighted by Gasteiger charge is 2.18. The molecule has 0 amide bonds. The van der Waals surface area contributed by atoms with E-state index in [9.17, 15) is 10.1 Å². The number of nitrogens with one attached hydrogen (secondary N) is 1. The van der Waals surface area contributed by atoms with Crippen molar-refractivity contribution in [1.29, 1.82) is 0 Å². The number of nitro groups is 1. The first-order valence-electron chi connectivity index (χ1n) is 2.99. The van der Waals surface area contributed by atoms with E-state index in [2.05, 4.69) is 5.53 Å². The quantitative estimate of drug-likeness (QED) is 0.393. The van der Waals surface area contributed by atoms with Crippen LogP contribution >= 0.6 is 0 Å². The fourth-order valence-electron chi connectivity index (χ4n) is 0.665. The molecule has 1 aliphatic rings. The van der Waals surface area contributed by atoms with E-state index in [4.69, 9.17) is 5.11 Å².